The van der Waals surface area contributed by atoms with E-state index in [9.17, 15) is 4.79 Å². The molecule has 11 heavy (non-hydrogen) atoms. The Morgan fingerprint density at radius 2 is 2.45 bits per heavy atom. The van der Waals surface area contributed by atoms with E-state index in [4.69, 9.17) is 0 Å². The van der Waals surface area contributed by atoms with Crippen molar-refractivity contribution in [3.8, 4) is 0 Å². The Balaban J connectivity index is 2.61. The van der Waals surface area contributed by atoms with Gasteiger partial charge in [-0.25, -0.2) is 0 Å². The minimum atomic E-state index is 0.319. The van der Waals surface area contributed by atoms with Crippen LogP contribution in [0.3, 0.4) is 0 Å². The quantitative estimate of drug-likeness (QED) is 0.553. The molecule has 0 bridgehead atoms. The first-order valence-electron chi connectivity index (χ1n) is 4.07. The number of hydrogen-bond acceptors (Lipinski definition) is 1. The van der Waals surface area contributed by atoms with Crippen molar-refractivity contribution in [3.05, 3.63) is 23.8 Å². The van der Waals surface area contributed by atoms with Crippen LogP contribution in [0.1, 0.15) is 32.6 Å². The van der Waals surface area contributed by atoms with E-state index < -0.39 is 0 Å². The van der Waals surface area contributed by atoms with E-state index in [0.29, 0.717) is 5.78 Å². The maximum Gasteiger partial charge on any atom is 0.158 e. The van der Waals surface area contributed by atoms with Crippen LogP contribution in [0.15, 0.2) is 23.8 Å². The fourth-order valence-electron chi connectivity index (χ4n) is 1.31. The van der Waals surface area contributed by atoms with Gasteiger partial charge in [-0.15, -0.1) is 0 Å². The zero-order valence-electron chi connectivity index (χ0n) is 7.02. The van der Waals surface area contributed by atoms with Gasteiger partial charge in [-0.1, -0.05) is 18.2 Å². The summed E-state index contributed by atoms with van der Waals surface area (Å²) in [6, 6.07) is 0. The van der Waals surface area contributed by atoms with Gasteiger partial charge in [0, 0.05) is 6.42 Å². The Hall–Kier alpha value is -0.850. The molecule has 1 heteroatoms. The van der Waals surface area contributed by atoms with Crippen molar-refractivity contribution < 1.29 is 4.79 Å². The molecule has 1 aliphatic carbocycles. The SMILES string of the molecule is C=C(C)CC1=CCCCC1=O. The normalized spacial score (nSPS) is 17.9. The van der Waals surface area contributed by atoms with E-state index in [1.807, 2.05) is 6.92 Å². The molecule has 0 atom stereocenters. The summed E-state index contributed by atoms with van der Waals surface area (Å²) in [6.07, 6.45) is 5.66. The van der Waals surface area contributed by atoms with Gasteiger partial charge in [-0.3, -0.25) is 4.79 Å². The molecule has 0 fully saturated rings. The molecule has 0 aromatic carbocycles. The second-order valence-corrected chi connectivity index (χ2v) is 3.18. The molecule has 0 aliphatic heterocycles. The number of ketones is 1. The van der Waals surface area contributed by atoms with Crippen molar-refractivity contribution in [1.29, 1.82) is 0 Å². The first-order chi connectivity index (χ1) is 5.20. The fourth-order valence-corrected chi connectivity index (χ4v) is 1.31. The second-order valence-electron chi connectivity index (χ2n) is 3.18. The topological polar surface area (TPSA) is 17.1 Å². The van der Waals surface area contributed by atoms with Gasteiger partial charge < -0.3 is 0 Å². The average Bonchev–Trinajstić information content (AvgIpc) is 1.93. The van der Waals surface area contributed by atoms with Crippen molar-refractivity contribution in [2.45, 2.75) is 32.6 Å². The summed E-state index contributed by atoms with van der Waals surface area (Å²) in [7, 11) is 0. The largest absolute Gasteiger partial charge is 0.295 e. The summed E-state index contributed by atoms with van der Waals surface area (Å²) >= 11 is 0. The van der Waals surface area contributed by atoms with E-state index in [-0.39, 0.29) is 0 Å². The molecule has 0 unspecified atom stereocenters. The molecule has 0 amide bonds. The summed E-state index contributed by atoms with van der Waals surface area (Å²) in [4.78, 5) is 11.2. The van der Waals surface area contributed by atoms with Gasteiger partial charge in [-0.05, 0) is 31.8 Å². The van der Waals surface area contributed by atoms with Crippen LogP contribution < -0.4 is 0 Å². The molecule has 1 nitrogen and oxygen atoms in total. The number of rotatable bonds is 2. The third kappa shape index (κ3) is 2.34. The Bertz CT molecular complexity index is 211. The molecule has 1 aliphatic rings. The zero-order valence-corrected chi connectivity index (χ0v) is 7.02. The van der Waals surface area contributed by atoms with Gasteiger partial charge in [0.15, 0.2) is 5.78 Å². The number of carbonyl (C=O) groups is 1. The van der Waals surface area contributed by atoms with Gasteiger partial charge >= 0.3 is 0 Å². The van der Waals surface area contributed by atoms with Crippen LogP contribution in [0.2, 0.25) is 0 Å². The molecule has 0 saturated carbocycles. The fraction of sp³-hybridized carbons (Fsp3) is 0.500. The van der Waals surface area contributed by atoms with Crippen LogP contribution in [0.4, 0.5) is 0 Å². The maximum absolute atomic E-state index is 11.2. The summed E-state index contributed by atoms with van der Waals surface area (Å²) in [5.74, 6) is 0.319. The maximum atomic E-state index is 11.2. The first-order valence-corrected chi connectivity index (χ1v) is 4.07. The first kappa shape index (κ1) is 8.25. The molecular weight excluding hydrogens is 136 g/mol. The van der Waals surface area contributed by atoms with E-state index in [1.54, 1.807) is 0 Å². The third-order valence-electron chi connectivity index (χ3n) is 1.85. The molecule has 0 spiro atoms. The van der Waals surface area contributed by atoms with Crippen LogP contribution in [-0.4, -0.2) is 5.78 Å². The van der Waals surface area contributed by atoms with Crippen molar-refractivity contribution >= 4 is 5.78 Å². The monoisotopic (exact) mass is 150 g/mol. The van der Waals surface area contributed by atoms with Crippen molar-refractivity contribution in [2.75, 3.05) is 0 Å². The molecular formula is C10H14O. The summed E-state index contributed by atoms with van der Waals surface area (Å²) < 4.78 is 0. The molecule has 0 N–H and O–H groups in total. The second kappa shape index (κ2) is 3.51. The van der Waals surface area contributed by atoms with Gasteiger partial charge in [-0.2, -0.15) is 0 Å². The number of hydrogen-bond donors (Lipinski definition) is 0. The highest BCUT2D eigenvalue weighted by molar-refractivity contribution is 5.96. The van der Waals surface area contributed by atoms with Crippen LogP contribution in [-0.2, 0) is 4.79 Å². The summed E-state index contributed by atoms with van der Waals surface area (Å²) in [5.41, 5.74) is 2.05. The lowest BCUT2D eigenvalue weighted by molar-refractivity contribution is -0.116. The highest BCUT2D eigenvalue weighted by Gasteiger charge is 2.12. The lowest BCUT2D eigenvalue weighted by atomic mass is 9.94. The Labute approximate surface area is 67.8 Å². The lowest BCUT2D eigenvalue weighted by Crippen LogP contribution is -2.06. The molecule has 0 aromatic rings. The van der Waals surface area contributed by atoms with E-state index in [0.717, 1.165) is 36.8 Å². The van der Waals surface area contributed by atoms with Crippen LogP contribution in [0, 0.1) is 0 Å². The third-order valence-corrected chi connectivity index (χ3v) is 1.85. The lowest BCUT2D eigenvalue weighted by Gasteiger charge is -2.10. The van der Waals surface area contributed by atoms with Crippen molar-refractivity contribution in [3.63, 3.8) is 0 Å². The minimum absolute atomic E-state index is 0.319. The highest BCUT2D eigenvalue weighted by atomic mass is 16.1. The highest BCUT2D eigenvalue weighted by Crippen LogP contribution is 2.19. The Kier molecular flexibility index (Phi) is 2.64. The number of Topliss-reactive ketones (excluding diaryl/α,β-unsaturated/α-hetero) is 1. The zero-order chi connectivity index (χ0) is 8.27. The average molecular weight is 150 g/mol. The standard InChI is InChI=1S/C10H14O/c1-8(2)7-9-5-3-4-6-10(9)11/h5H,1,3-4,6-7H2,2H3. The summed E-state index contributed by atoms with van der Waals surface area (Å²) in [5, 5.41) is 0. The van der Waals surface area contributed by atoms with Crippen molar-refractivity contribution in [2.24, 2.45) is 0 Å². The molecule has 0 aromatic heterocycles. The van der Waals surface area contributed by atoms with E-state index in [2.05, 4.69) is 12.7 Å². The number of allylic oxidation sites excluding steroid dienone is 3. The number of carbonyl (C=O) groups excluding carboxylic acids is 1. The molecule has 0 heterocycles. The van der Waals surface area contributed by atoms with Crippen molar-refractivity contribution in [1.82, 2.24) is 0 Å². The smallest absolute Gasteiger partial charge is 0.158 e. The van der Waals surface area contributed by atoms with E-state index >= 15 is 0 Å². The van der Waals surface area contributed by atoms with E-state index in [1.165, 1.54) is 0 Å². The van der Waals surface area contributed by atoms with Gasteiger partial charge in [0.25, 0.3) is 0 Å². The Morgan fingerprint density at radius 3 is 3.00 bits per heavy atom. The summed E-state index contributed by atoms with van der Waals surface area (Å²) in [6.45, 7) is 5.75. The molecule has 1 rings (SSSR count). The molecule has 0 saturated heterocycles. The minimum Gasteiger partial charge on any atom is -0.295 e. The van der Waals surface area contributed by atoms with Crippen LogP contribution >= 0.6 is 0 Å². The molecule has 60 valence electrons. The molecule has 0 radical (unpaired) electrons. The van der Waals surface area contributed by atoms with Gasteiger partial charge in [0.05, 0.1) is 0 Å². The van der Waals surface area contributed by atoms with Gasteiger partial charge in [0.1, 0.15) is 0 Å². The predicted octanol–water partition coefficient (Wildman–Crippen LogP) is 2.63. The van der Waals surface area contributed by atoms with Gasteiger partial charge in [0.2, 0.25) is 0 Å². The predicted molar refractivity (Wildman–Crippen MR) is 46.4 cm³/mol. The van der Waals surface area contributed by atoms with Crippen LogP contribution in [0.25, 0.3) is 0 Å². The Morgan fingerprint density at radius 1 is 1.73 bits per heavy atom. The van der Waals surface area contributed by atoms with Crippen LogP contribution in [0.5, 0.6) is 0 Å².